The van der Waals surface area contributed by atoms with Gasteiger partial charge in [-0.25, -0.2) is 15.0 Å². The van der Waals surface area contributed by atoms with Gasteiger partial charge in [-0.3, -0.25) is 0 Å². The highest BCUT2D eigenvalue weighted by atomic mass is 16.3. The second-order valence-corrected chi connectivity index (χ2v) is 11.2. The van der Waals surface area contributed by atoms with E-state index in [4.69, 9.17) is 19.4 Å². The Morgan fingerprint density at radius 1 is 0.333 bits per heavy atom. The van der Waals surface area contributed by atoms with Crippen LogP contribution in [0, 0.1) is 0 Å². The number of furan rings is 1. The summed E-state index contributed by atoms with van der Waals surface area (Å²) in [6, 6.07) is 52.2. The highest BCUT2D eigenvalue weighted by Crippen LogP contribution is 2.42. The molecule has 0 radical (unpaired) electrons. The van der Waals surface area contributed by atoms with Crippen molar-refractivity contribution >= 4 is 43.5 Å². The van der Waals surface area contributed by atoms with Crippen LogP contribution in [-0.2, 0) is 0 Å². The van der Waals surface area contributed by atoms with Crippen LogP contribution in [-0.4, -0.2) is 15.0 Å². The summed E-state index contributed by atoms with van der Waals surface area (Å²) in [5.41, 5.74) is 6.95. The summed E-state index contributed by atoms with van der Waals surface area (Å²) < 4.78 is 6.45. The third-order valence-electron chi connectivity index (χ3n) is 8.52. The maximum atomic E-state index is 6.45. The molecule has 0 atom stereocenters. The summed E-state index contributed by atoms with van der Waals surface area (Å²) >= 11 is 0. The van der Waals surface area contributed by atoms with Gasteiger partial charge in [0.15, 0.2) is 17.5 Å². The third kappa shape index (κ3) is 4.27. The first kappa shape index (κ1) is 25.4. The van der Waals surface area contributed by atoms with Crippen LogP contribution in [0.5, 0.6) is 0 Å². The molecule has 7 aromatic carbocycles. The standard InChI is InChI=1S/C41H25N3O/c1-3-11-27(12-4-1)39-42-40(28-13-5-2-6-14-28)44-41(43-39)29-21-19-26(20-22-29)30-23-24-33-35(25-30)31-15-7-8-16-32(31)37-34-17-9-10-18-36(34)45-38(33)37/h1-25H. The van der Waals surface area contributed by atoms with Gasteiger partial charge in [0.1, 0.15) is 11.2 Å². The van der Waals surface area contributed by atoms with E-state index in [1.807, 2.05) is 72.8 Å². The lowest BCUT2D eigenvalue weighted by atomic mass is 9.94. The Labute approximate surface area is 259 Å². The Bertz CT molecular complexity index is 2460. The van der Waals surface area contributed by atoms with Crippen LogP contribution < -0.4 is 0 Å². The molecule has 4 nitrogen and oxygen atoms in total. The second kappa shape index (κ2) is 10.2. The van der Waals surface area contributed by atoms with E-state index in [-0.39, 0.29) is 0 Å². The zero-order valence-corrected chi connectivity index (χ0v) is 24.2. The Balaban J connectivity index is 1.16. The van der Waals surface area contributed by atoms with Crippen LogP contribution in [0.3, 0.4) is 0 Å². The number of nitrogens with zero attached hydrogens (tertiary/aromatic N) is 3. The van der Waals surface area contributed by atoms with E-state index in [2.05, 4.69) is 78.9 Å². The van der Waals surface area contributed by atoms with Gasteiger partial charge in [0.25, 0.3) is 0 Å². The van der Waals surface area contributed by atoms with E-state index in [0.29, 0.717) is 17.5 Å². The lowest BCUT2D eigenvalue weighted by Gasteiger charge is -2.10. The molecular weight excluding hydrogens is 550 g/mol. The molecule has 0 unspecified atom stereocenters. The first-order chi connectivity index (χ1) is 22.3. The van der Waals surface area contributed by atoms with Crippen molar-refractivity contribution in [2.45, 2.75) is 0 Å². The lowest BCUT2D eigenvalue weighted by Crippen LogP contribution is -2.00. The lowest BCUT2D eigenvalue weighted by molar-refractivity contribution is 0.673. The number of hydrogen-bond donors (Lipinski definition) is 0. The van der Waals surface area contributed by atoms with Crippen molar-refractivity contribution in [3.63, 3.8) is 0 Å². The molecule has 0 saturated heterocycles. The van der Waals surface area contributed by atoms with Gasteiger partial charge in [-0.15, -0.1) is 0 Å². The second-order valence-electron chi connectivity index (χ2n) is 11.2. The van der Waals surface area contributed by atoms with Crippen molar-refractivity contribution in [3.05, 3.63) is 152 Å². The minimum atomic E-state index is 0.644. The Kier molecular flexibility index (Phi) is 5.78. The molecule has 0 aliphatic carbocycles. The number of rotatable bonds is 4. The SMILES string of the molecule is c1ccc(-c2nc(-c3ccccc3)nc(-c3ccc(-c4ccc5c(c4)c4ccccc4c4c6ccccc6oc54)cc3)n2)cc1. The van der Waals surface area contributed by atoms with Crippen molar-refractivity contribution in [2.24, 2.45) is 0 Å². The van der Waals surface area contributed by atoms with Crippen molar-refractivity contribution in [3.8, 4) is 45.3 Å². The first-order valence-electron chi connectivity index (χ1n) is 15.0. The molecule has 0 saturated carbocycles. The van der Waals surface area contributed by atoms with Gasteiger partial charge in [0.05, 0.1) is 0 Å². The zero-order chi connectivity index (χ0) is 29.7. The smallest absolute Gasteiger partial charge is 0.164 e. The van der Waals surface area contributed by atoms with Crippen molar-refractivity contribution in [1.29, 1.82) is 0 Å². The van der Waals surface area contributed by atoms with Crippen molar-refractivity contribution < 1.29 is 4.42 Å². The summed E-state index contributed by atoms with van der Waals surface area (Å²) in [7, 11) is 0. The minimum Gasteiger partial charge on any atom is -0.455 e. The van der Waals surface area contributed by atoms with Gasteiger partial charge in [0, 0.05) is 32.8 Å². The van der Waals surface area contributed by atoms with Crippen molar-refractivity contribution in [2.75, 3.05) is 0 Å². The molecule has 0 N–H and O–H groups in total. The molecule has 0 fully saturated rings. The highest BCUT2D eigenvalue weighted by molar-refractivity contribution is 6.30. The first-order valence-corrected chi connectivity index (χ1v) is 15.0. The maximum Gasteiger partial charge on any atom is 0.164 e. The summed E-state index contributed by atoms with van der Waals surface area (Å²) in [6.07, 6.45) is 0. The van der Waals surface area contributed by atoms with Crippen LogP contribution in [0.25, 0.3) is 88.8 Å². The average molecular weight is 576 g/mol. The molecule has 0 amide bonds. The predicted octanol–water partition coefficient (Wildman–Crippen LogP) is 10.7. The Morgan fingerprint density at radius 3 is 1.47 bits per heavy atom. The molecule has 210 valence electrons. The fourth-order valence-electron chi connectivity index (χ4n) is 6.33. The van der Waals surface area contributed by atoms with E-state index in [0.717, 1.165) is 49.8 Å². The van der Waals surface area contributed by atoms with Gasteiger partial charge in [-0.2, -0.15) is 0 Å². The quantitative estimate of drug-likeness (QED) is 0.196. The monoisotopic (exact) mass is 575 g/mol. The fraction of sp³-hybridized carbons (Fsp3) is 0. The molecule has 2 aromatic heterocycles. The van der Waals surface area contributed by atoms with Gasteiger partial charge in [-0.05, 0) is 45.5 Å². The maximum absolute atomic E-state index is 6.45. The van der Waals surface area contributed by atoms with E-state index < -0.39 is 0 Å². The van der Waals surface area contributed by atoms with Gasteiger partial charge < -0.3 is 4.42 Å². The predicted molar refractivity (Wildman–Crippen MR) is 184 cm³/mol. The zero-order valence-electron chi connectivity index (χ0n) is 24.2. The molecule has 9 rings (SSSR count). The number of fused-ring (bicyclic) bond motifs is 8. The highest BCUT2D eigenvalue weighted by Gasteiger charge is 2.17. The van der Waals surface area contributed by atoms with E-state index in [1.165, 1.54) is 21.5 Å². The molecule has 4 heteroatoms. The molecule has 45 heavy (non-hydrogen) atoms. The Morgan fingerprint density at radius 2 is 0.822 bits per heavy atom. The topological polar surface area (TPSA) is 51.8 Å². The third-order valence-corrected chi connectivity index (χ3v) is 8.52. The van der Waals surface area contributed by atoms with Gasteiger partial charge in [-0.1, -0.05) is 133 Å². The van der Waals surface area contributed by atoms with Gasteiger partial charge >= 0.3 is 0 Å². The van der Waals surface area contributed by atoms with Crippen molar-refractivity contribution in [1.82, 2.24) is 15.0 Å². The number of benzene rings is 7. The van der Waals surface area contributed by atoms with Crippen LogP contribution in [0.4, 0.5) is 0 Å². The molecule has 0 spiro atoms. The molecule has 0 aliphatic heterocycles. The summed E-state index contributed by atoms with van der Waals surface area (Å²) in [5, 5.41) is 7.04. The van der Waals surface area contributed by atoms with Crippen LogP contribution in [0.15, 0.2) is 156 Å². The largest absolute Gasteiger partial charge is 0.455 e. The molecule has 0 bridgehead atoms. The fourth-order valence-corrected chi connectivity index (χ4v) is 6.33. The average Bonchev–Trinajstić information content (AvgIpc) is 3.52. The van der Waals surface area contributed by atoms with E-state index in [9.17, 15) is 0 Å². The van der Waals surface area contributed by atoms with Gasteiger partial charge in [0.2, 0.25) is 0 Å². The van der Waals surface area contributed by atoms with Crippen LogP contribution in [0.2, 0.25) is 0 Å². The van der Waals surface area contributed by atoms with Crippen LogP contribution >= 0.6 is 0 Å². The Hall–Kier alpha value is -6.13. The summed E-state index contributed by atoms with van der Waals surface area (Å²) in [5.74, 6) is 1.95. The summed E-state index contributed by atoms with van der Waals surface area (Å²) in [4.78, 5) is 14.6. The minimum absolute atomic E-state index is 0.644. The molecular formula is C41H25N3O. The van der Waals surface area contributed by atoms with E-state index >= 15 is 0 Å². The molecule has 9 aromatic rings. The van der Waals surface area contributed by atoms with Crippen LogP contribution in [0.1, 0.15) is 0 Å². The number of hydrogen-bond acceptors (Lipinski definition) is 4. The number of aromatic nitrogens is 3. The summed E-state index contributed by atoms with van der Waals surface area (Å²) in [6.45, 7) is 0. The number of para-hydroxylation sites is 1. The normalized spacial score (nSPS) is 11.6. The molecule has 0 aliphatic rings. The molecule has 2 heterocycles. The van der Waals surface area contributed by atoms with E-state index in [1.54, 1.807) is 0 Å².